The van der Waals surface area contributed by atoms with Gasteiger partial charge in [-0.15, -0.1) is 0 Å². The van der Waals surface area contributed by atoms with E-state index < -0.39 is 0 Å². The second kappa shape index (κ2) is 10.2. The van der Waals surface area contributed by atoms with Gasteiger partial charge in [-0.25, -0.2) is 4.40 Å². The van der Waals surface area contributed by atoms with Crippen molar-refractivity contribution in [3.63, 3.8) is 0 Å². The van der Waals surface area contributed by atoms with E-state index in [1.807, 2.05) is 48.6 Å². The average Bonchev–Trinajstić information content (AvgIpc) is 3.32. The van der Waals surface area contributed by atoms with Crippen molar-refractivity contribution in [2.75, 3.05) is 0 Å². The maximum atomic E-state index is 14.1. The van der Waals surface area contributed by atoms with Crippen LogP contribution in [0.4, 0.5) is 0 Å². The van der Waals surface area contributed by atoms with Crippen molar-refractivity contribution in [2.45, 2.75) is 13.3 Å². The fourth-order valence-corrected chi connectivity index (χ4v) is 6.54. The molecule has 3 nitrogen and oxygen atoms in total. The zero-order chi connectivity index (χ0) is 29.8. The van der Waals surface area contributed by atoms with Crippen molar-refractivity contribution in [3.05, 3.63) is 146 Å². The lowest BCUT2D eigenvalue weighted by molar-refractivity contribution is 0.836. The molecular formula is C41H27NO2. The molecule has 1 unspecified atom stereocenters. The van der Waals surface area contributed by atoms with Crippen molar-refractivity contribution < 1.29 is 0 Å². The number of hydrogen-bond acceptors (Lipinski definition) is 2. The molecule has 208 valence electrons. The molecule has 5 aromatic carbocycles. The van der Waals surface area contributed by atoms with E-state index in [4.69, 9.17) is 0 Å². The summed E-state index contributed by atoms with van der Waals surface area (Å²) >= 11 is 0. The van der Waals surface area contributed by atoms with E-state index in [2.05, 4.69) is 97.6 Å². The highest BCUT2D eigenvalue weighted by Crippen LogP contribution is 2.36. The lowest BCUT2D eigenvalue weighted by Crippen LogP contribution is -2.47. The molecule has 7 aromatic rings. The molecule has 3 heteroatoms. The molecule has 0 spiro atoms. The van der Waals surface area contributed by atoms with Crippen LogP contribution in [0.5, 0.6) is 0 Å². The lowest BCUT2D eigenvalue weighted by Gasteiger charge is -2.15. The third-order valence-electron chi connectivity index (χ3n) is 8.77. The van der Waals surface area contributed by atoms with Crippen LogP contribution in [0.2, 0.25) is 0 Å². The van der Waals surface area contributed by atoms with Gasteiger partial charge < -0.3 is 0 Å². The minimum atomic E-state index is -0.293. The van der Waals surface area contributed by atoms with Crippen molar-refractivity contribution in [3.8, 4) is 45.2 Å². The normalized spacial score (nSPS) is 14.0. The summed E-state index contributed by atoms with van der Waals surface area (Å²) in [5.41, 5.74) is 6.63. The molecule has 0 bridgehead atoms. The molecule has 0 fully saturated rings. The summed E-state index contributed by atoms with van der Waals surface area (Å²) in [7, 11) is 0. The Kier molecular flexibility index (Phi) is 6.03. The topological polar surface area (TPSA) is 38.5 Å². The molecule has 0 N–H and O–H groups in total. The van der Waals surface area contributed by atoms with Crippen LogP contribution >= 0.6 is 0 Å². The largest absolute Gasteiger partial charge is 0.268 e. The van der Waals surface area contributed by atoms with Crippen LogP contribution < -0.4 is 21.6 Å². The molecule has 0 radical (unpaired) electrons. The Morgan fingerprint density at radius 1 is 0.568 bits per heavy atom. The van der Waals surface area contributed by atoms with Gasteiger partial charge in [-0.1, -0.05) is 104 Å². The van der Waals surface area contributed by atoms with Gasteiger partial charge in [0.1, 0.15) is 0 Å². The highest BCUT2D eigenvalue weighted by atomic mass is 16.2. The minimum absolute atomic E-state index is 0.0601. The highest BCUT2D eigenvalue weighted by Gasteiger charge is 2.19. The quantitative estimate of drug-likeness (QED) is 0.131. The first-order valence-electron chi connectivity index (χ1n) is 15.0. The SMILES string of the molecule is CCC1C#CC=c2c(c(=O)n3c(=O)c4ccccc4c4cc(-c5cc(-c6ccccc6)cc(-c6ccccc6)c5)cc2c43)=C1. The van der Waals surface area contributed by atoms with Gasteiger partial charge in [0.05, 0.1) is 5.52 Å². The van der Waals surface area contributed by atoms with E-state index in [0.29, 0.717) is 16.1 Å². The molecule has 8 rings (SSSR count). The Bertz CT molecular complexity index is 2510. The van der Waals surface area contributed by atoms with Crippen LogP contribution in [0.1, 0.15) is 13.3 Å². The molecule has 2 heterocycles. The van der Waals surface area contributed by atoms with Crippen molar-refractivity contribution in [1.29, 1.82) is 0 Å². The standard InChI is InChI=1S/C41H27NO2/c1-2-26-12-11-19-34-37-25-32(24-36-33-17-9-10-18-35(33)40(43)42(39(36)37)41(44)38(34)20-26)31-22-29(27-13-5-3-6-14-27)21-30(23-31)28-15-7-4-8-16-28/h3-10,13-26H,2H2,1H3. The second-order valence-electron chi connectivity index (χ2n) is 11.4. The number of benzene rings is 5. The molecule has 1 aliphatic rings. The monoisotopic (exact) mass is 565 g/mol. The molecule has 0 amide bonds. The molecule has 44 heavy (non-hydrogen) atoms. The number of rotatable bonds is 4. The summed E-state index contributed by atoms with van der Waals surface area (Å²) in [4.78, 5) is 28.0. The van der Waals surface area contributed by atoms with Crippen LogP contribution in [0.3, 0.4) is 0 Å². The number of fused-ring (bicyclic) bond motifs is 4. The van der Waals surface area contributed by atoms with Gasteiger partial charge in [-0.3, -0.25) is 9.59 Å². The predicted octanol–water partition coefficient (Wildman–Crippen LogP) is 7.01. The Balaban J connectivity index is 1.54. The van der Waals surface area contributed by atoms with Gasteiger partial charge in [-0.2, -0.15) is 0 Å². The van der Waals surface area contributed by atoms with E-state index in [1.54, 1.807) is 0 Å². The van der Waals surface area contributed by atoms with Gasteiger partial charge in [0.25, 0.3) is 11.1 Å². The number of aromatic nitrogens is 1. The number of pyridine rings is 2. The van der Waals surface area contributed by atoms with E-state index in [1.165, 1.54) is 4.40 Å². The summed E-state index contributed by atoms with van der Waals surface area (Å²) in [6.07, 6.45) is 4.59. The molecule has 2 aromatic heterocycles. The Morgan fingerprint density at radius 2 is 1.11 bits per heavy atom. The first kappa shape index (κ1) is 25.9. The molecule has 0 saturated heterocycles. The molecule has 1 atom stereocenters. The Morgan fingerprint density at radius 3 is 1.75 bits per heavy atom. The van der Waals surface area contributed by atoms with E-state index >= 15 is 0 Å². The fraction of sp³-hybridized carbons (Fsp3) is 0.0732. The first-order chi connectivity index (χ1) is 21.6. The van der Waals surface area contributed by atoms with E-state index in [9.17, 15) is 9.59 Å². The molecular weight excluding hydrogens is 538 g/mol. The highest BCUT2D eigenvalue weighted by molar-refractivity contribution is 6.13. The average molecular weight is 566 g/mol. The maximum absolute atomic E-state index is 14.1. The number of hydrogen-bond donors (Lipinski definition) is 0. The van der Waals surface area contributed by atoms with Crippen molar-refractivity contribution >= 4 is 39.2 Å². The van der Waals surface area contributed by atoms with Crippen LogP contribution in [-0.2, 0) is 0 Å². The summed E-state index contributed by atoms with van der Waals surface area (Å²) in [5, 5.41) is 4.40. The van der Waals surface area contributed by atoms with Crippen LogP contribution in [0.25, 0.3) is 72.6 Å². The maximum Gasteiger partial charge on any atom is 0.266 e. The van der Waals surface area contributed by atoms with Crippen LogP contribution in [0, 0.1) is 17.8 Å². The first-order valence-corrected chi connectivity index (χ1v) is 15.0. The molecule has 0 aliphatic heterocycles. The number of nitrogens with zero attached hydrogens (tertiary/aromatic N) is 1. The second-order valence-corrected chi connectivity index (χ2v) is 11.4. The lowest BCUT2D eigenvalue weighted by atomic mass is 9.91. The Labute approximate surface area is 254 Å². The summed E-state index contributed by atoms with van der Waals surface area (Å²) in [6.45, 7) is 2.06. The molecule has 0 saturated carbocycles. The third-order valence-corrected chi connectivity index (χ3v) is 8.77. The summed E-state index contributed by atoms with van der Waals surface area (Å²) < 4.78 is 1.38. The Hall–Kier alpha value is -5.72. The van der Waals surface area contributed by atoms with Gasteiger partial charge in [-0.05, 0) is 87.7 Å². The van der Waals surface area contributed by atoms with Gasteiger partial charge in [0.15, 0.2) is 0 Å². The smallest absolute Gasteiger partial charge is 0.266 e. The van der Waals surface area contributed by atoms with Gasteiger partial charge >= 0.3 is 0 Å². The third kappa shape index (κ3) is 4.07. The zero-order valence-corrected chi connectivity index (χ0v) is 24.2. The van der Waals surface area contributed by atoms with E-state index in [0.717, 1.165) is 61.2 Å². The zero-order valence-electron chi connectivity index (χ0n) is 24.2. The molecule has 1 aliphatic carbocycles. The minimum Gasteiger partial charge on any atom is -0.268 e. The van der Waals surface area contributed by atoms with E-state index in [-0.39, 0.29) is 17.0 Å². The van der Waals surface area contributed by atoms with Gasteiger partial charge in [0, 0.05) is 32.5 Å². The fourth-order valence-electron chi connectivity index (χ4n) is 6.54. The van der Waals surface area contributed by atoms with Crippen molar-refractivity contribution in [2.24, 2.45) is 5.92 Å². The van der Waals surface area contributed by atoms with Crippen LogP contribution in [-0.4, -0.2) is 4.40 Å². The summed E-state index contributed by atoms with van der Waals surface area (Å²) in [5.74, 6) is 6.42. The van der Waals surface area contributed by atoms with Crippen LogP contribution in [0.15, 0.2) is 125 Å². The van der Waals surface area contributed by atoms with Gasteiger partial charge in [0.2, 0.25) is 0 Å². The van der Waals surface area contributed by atoms with Crippen molar-refractivity contribution in [1.82, 2.24) is 4.40 Å². The predicted molar refractivity (Wildman–Crippen MR) is 182 cm³/mol. The summed E-state index contributed by atoms with van der Waals surface area (Å²) in [6, 6.07) is 39.4.